The second kappa shape index (κ2) is 9.17. The van der Waals surface area contributed by atoms with Crippen LogP contribution in [0.4, 0.5) is 5.13 Å². The van der Waals surface area contributed by atoms with E-state index in [4.69, 9.17) is 0 Å². The molecule has 9 heteroatoms. The molecule has 7 nitrogen and oxygen atoms in total. The molecule has 0 aliphatic carbocycles. The SMILES string of the molecule is CC[C@H]1CCCCN1S(=O)(=O)c1ccc(C(=O)NNc2nc3c(C)cc(C)cc3s2)cc1. The van der Waals surface area contributed by atoms with Crippen LogP contribution < -0.4 is 10.9 Å². The molecular formula is C23H28N4O3S2. The number of carbonyl (C=O) groups is 1. The summed E-state index contributed by atoms with van der Waals surface area (Å²) >= 11 is 1.46. The molecule has 1 aliphatic rings. The van der Waals surface area contributed by atoms with E-state index in [-0.39, 0.29) is 16.8 Å². The summed E-state index contributed by atoms with van der Waals surface area (Å²) in [5.41, 5.74) is 9.06. The van der Waals surface area contributed by atoms with Crippen molar-refractivity contribution in [2.45, 2.75) is 57.4 Å². The van der Waals surface area contributed by atoms with Crippen molar-refractivity contribution >= 4 is 42.6 Å². The molecule has 4 rings (SSSR count). The molecule has 1 amide bonds. The molecule has 1 fully saturated rings. The largest absolute Gasteiger partial charge is 0.273 e. The zero-order chi connectivity index (χ0) is 22.9. The number of anilines is 1. The van der Waals surface area contributed by atoms with E-state index in [1.807, 2.05) is 20.8 Å². The Hall–Kier alpha value is -2.49. The molecule has 2 heterocycles. The molecule has 0 radical (unpaired) electrons. The van der Waals surface area contributed by atoms with Gasteiger partial charge in [0.2, 0.25) is 15.2 Å². The van der Waals surface area contributed by atoms with Gasteiger partial charge >= 0.3 is 0 Å². The maximum absolute atomic E-state index is 13.1. The number of piperidine rings is 1. The molecule has 3 aromatic rings. The number of amides is 1. The summed E-state index contributed by atoms with van der Waals surface area (Å²) in [7, 11) is -3.57. The topological polar surface area (TPSA) is 91.4 Å². The number of aromatic nitrogens is 1. The number of aryl methyl sites for hydroxylation is 2. The Labute approximate surface area is 192 Å². The maximum Gasteiger partial charge on any atom is 0.269 e. The van der Waals surface area contributed by atoms with Crippen LogP contribution in [0.1, 0.15) is 54.1 Å². The van der Waals surface area contributed by atoms with Crippen LogP contribution in [0.15, 0.2) is 41.3 Å². The molecular weight excluding hydrogens is 444 g/mol. The number of hydrazine groups is 1. The second-order valence-electron chi connectivity index (χ2n) is 8.22. The van der Waals surface area contributed by atoms with Crippen LogP contribution in [0.25, 0.3) is 10.2 Å². The molecule has 170 valence electrons. The second-order valence-corrected chi connectivity index (χ2v) is 11.1. The van der Waals surface area contributed by atoms with Gasteiger partial charge in [-0.25, -0.2) is 13.4 Å². The Bertz CT molecular complexity index is 1240. The van der Waals surface area contributed by atoms with Crippen molar-refractivity contribution in [3.05, 3.63) is 53.1 Å². The quantitative estimate of drug-likeness (QED) is 0.511. The van der Waals surface area contributed by atoms with Crippen LogP contribution in [0, 0.1) is 13.8 Å². The third-order valence-electron chi connectivity index (χ3n) is 5.88. The molecule has 32 heavy (non-hydrogen) atoms. The van der Waals surface area contributed by atoms with Crippen molar-refractivity contribution in [3.63, 3.8) is 0 Å². The van der Waals surface area contributed by atoms with Gasteiger partial charge < -0.3 is 0 Å². The fourth-order valence-electron chi connectivity index (χ4n) is 4.22. The first kappa shape index (κ1) is 22.7. The zero-order valence-electron chi connectivity index (χ0n) is 18.5. The number of rotatable bonds is 6. The van der Waals surface area contributed by atoms with Crippen LogP contribution in [0.3, 0.4) is 0 Å². The normalized spacial score (nSPS) is 17.4. The Morgan fingerprint density at radius 1 is 1.19 bits per heavy atom. The zero-order valence-corrected chi connectivity index (χ0v) is 20.1. The first-order valence-corrected chi connectivity index (χ1v) is 13.1. The number of thiazole rings is 1. The van der Waals surface area contributed by atoms with E-state index < -0.39 is 10.0 Å². The Morgan fingerprint density at radius 2 is 1.94 bits per heavy atom. The van der Waals surface area contributed by atoms with Crippen LogP contribution in [-0.4, -0.2) is 36.2 Å². The maximum atomic E-state index is 13.1. The predicted molar refractivity (Wildman–Crippen MR) is 128 cm³/mol. The molecule has 1 aromatic heterocycles. The van der Waals surface area contributed by atoms with Crippen molar-refractivity contribution in [1.29, 1.82) is 0 Å². The highest BCUT2D eigenvalue weighted by Crippen LogP contribution is 2.29. The summed E-state index contributed by atoms with van der Waals surface area (Å²) in [5.74, 6) is -0.356. The molecule has 0 unspecified atom stereocenters. The van der Waals surface area contributed by atoms with Crippen molar-refractivity contribution in [1.82, 2.24) is 14.7 Å². The fourth-order valence-corrected chi connectivity index (χ4v) is 6.98. The minimum absolute atomic E-state index is 0.0437. The summed E-state index contributed by atoms with van der Waals surface area (Å²) in [4.78, 5) is 17.3. The van der Waals surface area contributed by atoms with Gasteiger partial charge in [0.15, 0.2) is 0 Å². The first-order valence-electron chi connectivity index (χ1n) is 10.9. The van der Waals surface area contributed by atoms with Crippen LogP contribution >= 0.6 is 11.3 Å². The average Bonchev–Trinajstić information content (AvgIpc) is 3.20. The lowest BCUT2D eigenvalue weighted by Crippen LogP contribution is -2.43. The van der Waals surface area contributed by atoms with Crippen LogP contribution in [0.2, 0.25) is 0 Å². The molecule has 1 atom stereocenters. The number of nitrogens with zero attached hydrogens (tertiary/aromatic N) is 2. The van der Waals surface area contributed by atoms with Gasteiger partial charge in [-0.05, 0) is 74.6 Å². The van der Waals surface area contributed by atoms with Gasteiger partial charge in [-0.15, -0.1) is 0 Å². The molecule has 1 saturated heterocycles. The number of sulfonamides is 1. The van der Waals surface area contributed by atoms with Crippen molar-refractivity contribution in [3.8, 4) is 0 Å². The molecule has 0 saturated carbocycles. The van der Waals surface area contributed by atoms with E-state index >= 15 is 0 Å². The molecule has 2 N–H and O–H groups in total. The third-order valence-corrected chi connectivity index (χ3v) is 8.76. The smallest absolute Gasteiger partial charge is 0.269 e. The van der Waals surface area contributed by atoms with Crippen molar-refractivity contribution < 1.29 is 13.2 Å². The number of nitrogens with one attached hydrogen (secondary N) is 2. The lowest BCUT2D eigenvalue weighted by Gasteiger charge is -2.34. The average molecular weight is 473 g/mol. The monoisotopic (exact) mass is 472 g/mol. The van der Waals surface area contributed by atoms with E-state index in [1.54, 1.807) is 16.4 Å². The van der Waals surface area contributed by atoms with Gasteiger partial charge in [0.05, 0.1) is 15.1 Å². The Kier molecular flexibility index (Phi) is 6.50. The van der Waals surface area contributed by atoms with E-state index in [0.717, 1.165) is 41.5 Å². The molecule has 1 aliphatic heterocycles. The number of benzene rings is 2. The standard InChI is InChI=1S/C23H28N4O3S2/c1-4-18-7-5-6-12-27(18)32(29,30)19-10-8-17(9-11-19)22(28)25-26-23-24-21-16(3)13-15(2)14-20(21)31-23/h8-11,13-14,18H,4-7,12H2,1-3H3,(H,24,26)(H,25,28)/t18-/m0/s1. The van der Waals surface area contributed by atoms with Gasteiger partial charge in [0.25, 0.3) is 5.91 Å². The van der Waals surface area contributed by atoms with Gasteiger partial charge in [-0.2, -0.15) is 4.31 Å². The highest BCUT2D eigenvalue weighted by Gasteiger charge is 2.32. The molecule has 0 bridgehead atoms. The van der Waals surface area contributed by atoms with E-state index in [2.05, 4.69) is 28.0 Å². The Balaban J connectivity index is 1.45. The van der Waals surface area contributed by atoms with Gasteiger partial charge in [0, 0.05) is 18.2 Å². The number of hydrogen-bond acceptors (Lipinski definition) is 6. The predicted octanol–water partition coefficient (Wildman–Crippen LogP) is 4.62. The summed E-state index contributed by atoms with van der Waals surface area (Å²) < 4.78 is 28.9. The summed E-state index contributed by atoms with van der Waals surface area (Å²) in [6.45, 7) is 6.62. The number of fused-ring (bicyclic) bond motifs is 1. The molecule has 2 aromatic carbocycles. The van der Waals surface area contributed by atoms with Gasteiger partial charge in [0.1, 0.15) is 0 Å². The van der Waals surface area contributed by atoms with Crippen molar-refractivity contribution in [2.75, 3.05) is 12.0 Å². The summed E-state index contributed by atoms with van der Waals surface area (Å²) in [6, 6.07) is 10.3. The van der Waals surface area contributed by atoms with Crippen LogP contribution in [-0.2, 0) is 10.0 Å². The van der Waals surface area contributed by atoms with E-state index in [0.29, 0.717) is 17.2 Å². The minimum Gasteiger partial charge on any atom is -0.273 e. The fraction of sp³-hybridized carbons (Fsp3) is 0.391. The Morgan fingerprint density at radius 3 is 2.66 bits per heavy atom. The third kappa shape index (κ3) is 4.51. The van der Waals surface area contributed by atoms with Gasteiger partial charge in [-0.3, -0.25) is 15.6 Å². The first-order chi connectivity index (χ1) is 15.3. The highest BCUT2D eigenvalue weighted by atomic mass is 32.2. The lowest BCUT2D eigenvalue weighted by molar-refractivity contribution is 0.0962. The van der Waals surface area contributed by atoms with Gasteiger partial charge in [-0.1, -0.05) is 30.7 Å². The van der Waals surface area contributed by atoms with E-state index in [1.165, 1.54) is 29.0 Å². The van der Waals surface area contributed by atoms with Crippen LogP contribution in [0.5, 0.6) is 0 Å². The minimum atomic E-state index is -3.57. The van der Waals surface area contributed by atoms with Crippen molar-refractivity contribution in [2.24, 2.45) is 0 Å². The van der Waals surface area contributed by atoms with E-state index in [9.17, 15) is 13.2 Å². The number of hydrogen-bond donors (Lipinski definition) is 2. The lowest BCUT2D eigenvalue weighted by atomic mass is 10.0. The summed E-state index contributed by atoms with van der Waals surface area (Å²) in [6.07, 6.45) is 3.64. The molecule has 0 spiro atoms. The summed E-state index contributed by atoms with van der Waals surface area (Å²) in [5, 5.41) is 0.594. The number of carbonyl (C=O) groups excluding carboxylic acids is 1. The highest BCUT2D eigenvalue weighted by molar-refractivity contribution is 7.89.